The molecule has 4 N–H and O–H groups in total. The van der Waals surface area contributed by atoms with Gasteiger partial charge in [-0.3, -0.25) is 19.8 Å². The van der Waals surface area contributed by atoms with Gasteiger partial charge in [-0.2, -0.15) is 0 Å². The molecule has 1 heterocycles. The summed E-state index contributed by atoms with van der Waals surface area (Å²) in [6.45, 7) is 3.95. The molecule has 7 nitrogen and oxygen atoms in total. The van der Waals surface area contributed by atoms with Gasteiger partial charge in [0.25, 0.3) is 0 Å². The largest absolute Gasteiger partial charge is 0.481 e. The van der Waals surface area contributed by atoms with Crippen LogP contribution in [0.3, 0.4) is 0 Å². The Kier molecular flexibility index (Phi) is 7.84. The van der Waals surface area contributed by atoms with E-state index in [2.05, 4.69) is 16.2 Å². The van der Waals surface area contributed by atoms with Crippen LogP contribution in [-0.2, 0) is 14.4 Å². The number of carbonyl (C=O) groups is 3. The molecule has 2 aromatic rings. The van der Waals surface area contributed by atoms with Gasteiger partial charge in [-0.1, -0.05) is 43.3 Å². The average Bonchev–Trinajstić information content (AvgIpc) is 2.86. The highest BCUT2D eigenvalue weighted by molar-refractivity contribution is 6.12. The minimum Gasteiger partial charge on any atom is -0.481 e. The Morgan fingerprint density at radius 2 is 1.71 bits per heavy atom. The summed E-state index contributed by atoms with van der Waals surface area (Å²) in [5, 5.41) is 12.2. The molecule has 2 aromatic carbocycles. The number of halogens is 1. The minimum absolute atomic E-state index is 0.0527. The molecule has 1 aliphatic rings. The molecule has 0 aromatic heterocycles. The monoisotopic (exact) mass is 469 g/mol. The van der Waals surface area contributed by atoms with Crippen LogP contribution in [0.15, 0.2) is 48.5 Å². The highest BCUT2D eigenvalue weighted by Gasteiger charge is 2.53. The Hall–Kier alpha value is -3.10. The van der Waals surface area contributed by atoms with Gasteiger partial charge in [-0.25, -0.2) is 9.82 Å². The number of nitrogens with one attached hydrogen (secondary N) is 3. The number of amides is 1. The molecular formula is C26H32FN3O4. The molecular weight excluding hydrogens is 437 g/mol. The number of Topliss-reactive ketones (excluding diaryl/α,β-unsaturated/α-hetero) is 1. The zero-order chi connectivity index (χ0) is 24.9. The molecule has 0 aliphatic carbocycles. The summed E-state index contributed by atoms with van der Waals surface area (Å²) in [6.07, 6.45) is 0.992. The van der Waals surface area contributed by atoms with E-state index < -0.39 is 28.7 Å². The van der Waals surface area contributed by atoms with Gasteiger partial charge >= 0.3 is 5.97 Å². The maximum Gasteiger partial charge on any atom is 0.309 e. The van der Waals surface area contributed by atoms with Crippen LogP contribution < -0.4 is 16.2 Å². The van der Waals surface area contributed by atoms with Gasteiger partial charge in [0.05, 0.1) is 5.41 Å². The third kappa shape index (κ3) is 4.88. The second-order valence-electron chi connectivity index (χ2n) is 9.05. The van der Waals surface area contributed by atoms with E-state index >= 15 is 0 Å². The first kappa shape index (κ1) is 25.5. The lowest BCUT2D eigenvalue weighted by molar-refractivity contribution is -0.149. The molecule has 34 heavy (non-hydrogen) atoms. The van der Waals surface area contributed by atoms with Gasteiger partial charge in [-0.05, 0) is 55.0 Å². The standard InChI is InChI=1S/C26H32FN3O4/c1-4-25(2,24(33)34)15-13-22(31)26(23(32)28-3)21(14-16-29-30-26)19-7-5-17(6-8-19)18-9-11-20(27)12-10-18/h5-12,21,29-30H,4,13-16H2,1-3H3,(H,28,32)(H,33,34)/t21-,25?,26-/m0/s1. The lowest BCUT2D eigenvalue weighted by Crippen LogP contribution is -2.71. The first-order valence-electron chi connectivity index (χ1n) is 11.5. The van der Waals surface area contributed by atoms with Crippen molar-refractivity contribution >= 4 is 17.7 Å². The van der Waals surface area contributed by atoms with E-state index in [4.69, 9.17) is 0 Å². The smallest absolute Gasteiger partial charge is 0.309 e. The molecule has 3 atom stereocenters. The predicted octanol–water partition coefficient (Wildman–Crippen LogP) is 3.41. The summed E-state index contributed by atoms with van der Waals surface area (Å²) >= 11 is 0. The van der Waals surface area contributed by atoms with Gasteiger partial charge in [0.2, 0.25) is 5.91 Å². The van der Waals surface area contributed by atoms with Crippen molar-refractivity contribution in [3.8, 4) is 11.1 Å². The number of likely N-dealkylation sites (N-methyl/N-ethyl adjacent to an activating group) is 1. The zero-order valence-corrected chi connectivity index (χ0v) is 19.8. The molecule has 1 aliphatic heterocycles. The number of hydrogen-bond acceptors (Lipinski definition) is 5. The molecule has 0 saturated carbocycles. The normalized spacial score (nSPS) is 21.9. The molecule has 0 radical (unpaired) electrons. The summed E-state index contributed by atoms with van der Waals surface area (Å²) in [7, 11) is 1.48. The van der Waals surface area contributed by atoms with Crippen molar-refractivity contribution in [2.75, 3.05) is 13.6 Å². The zero-order valence-electron chi connectivity index (χ0n) is 19.8. The molecule has 0 bridgehead atoms. The van der Waals surface area contributed by atoms with Gasteiger partial charge in [0.15, 0.2) is 11.3 Å². The van der Waals surface area contributed by atoms with Crippen LogP contribution in [0.1, 0.15) is 51.0 Å². The lowest BCUT2D eigenvalue weighted by Gasteiger charge is -2.43. The van der Waals surface area contributed by atoms with Crippen LogP contribution in [0.4, 0.5) is 4.39 Å². The molecule has 8 heteroatoms. The molecule has 1 saturated heterocycles. The van der Waals surface area contributed by atoms with Crippen molar-refractivity contribution < 1.29 is 23.9 Å². The van der Waals surface area contributed by atoms with Crippen LogP contribution in [0.25, 0.3) is 11.1 Å². The Balaban J connectivity index is 1.94. The van der Waals surface area contributed by atoms with Gasteiger partial charge in [0, 0.05) is 25.9 Å². The number of benzene rings is 2. The van der Waals surface area contributed by atoms with E-state index in [1.54, 1.807) is 26.0 Å². The number of carboxylic acids is 1. The fourth-order valence-electron chi connectivity index (χ4n) is 4.51. The minimum atomic E-state index is -1.57. The van der Waals surface area contributed by atoms with Gasteiger partial charge < -0.3 is 10.4 Å². The van der Waals surface area contributed by atoms with E-state index in [9.17, 15) is 23.9 Å². The van der Waals surface area contributed by atoms with Crippen LogP contribution in [0.5, 0.6) is 0 Å². The van der Waals surface area contributed by atoms with Crippen LogP contribution in [-0.4, -0.2) is 41.9 Å². The number of carbonyl (C=O) groups excluding carboxylic acids is 2. The first-order chi connectivity index (χ1) is 16.2. The summed E-state index contributed by atoms with van der Waals surface area (Å²) in [4.78, 5) is 38.5. The summed E-state index contributed by atoms with van der Waals surface area (Å²) in [5.41, 5.74) is 5.88. The fraction of sp³-hybridized carbons (Fsp3) is 0.423. The number of hydrazine groups is 1. The topological polar surface area (TPSA) is 108 Å². The molecule has 0 spiro atoms. The number of carboxylic acid groups (broad SMARTS) is 1. The molecule has 182 valence electrons. The number of aliphatic carboxylic acids is 1. The second-order valence-corrected chi connectivity index (χ2v) is 9.05. The molecule has 1 fully saturated rings. The van der Waals surface area contributed by atoms with Crippen molar-refractivity contribution in [3.63, 3.8) is 0 Å². The number of ketones is 1. The maximum atomic E-state index is 13.6. The average molecular weight is 470 g/mol. The number of hydrogen-bond donors (Lipinski definition) is 4. The predicted molar refractivity (Wildman–Crippen MR) is 127 cm³/mol. The van der Waals surface area contributed by atoms with Crippen molar-refractivity contribution in [2.45, 2.75) is 51.0 Å². The quantitative estimate of drug-likeness (QED) is 0.419. The highest BCUT2D eigenvalue weighted by atomic mass is 19.1. The summed E-state index contributed by atoms with van der Waals surface area (Å²) < 4.78 is 13.3. The Morgan fingerprint density at radius 3 is 2.24 bits per heavy atom. The Labute approximate surface area is 199 Å². The summed E-state index contributed by atoms with van der Waals surface area (Å²) in [6, 6.07) is 13.7. The van der Waals surface area contributed by atoms with E-state index in [0.717, 1.165) is 16.7 Å². The Morgan fingerprint density at radius 1 is 1.12 bits per heavy atom. The second kappa shape index (κ2) is 10.4. The lowest BCUT2D eigenvalue weighted by atomic mass is 9.70. The van der Waals surface area contributed by atoms with E-state index in [-0.39, 0.29) is 24.4 Å². The van der Waals surface area contributed by atoms with Crippen molar-refractivity contribution in [2.24, 2.45) is 5.41 Å². The van der Waals surface area contributed by atoms with E-state index in [0.29, 0.717) is 19.4 Å². The first-order valence-corrected chi connectivity index (χ1v) is 11.5. The molecule has 1 unspecified atom stereocenters. The maximum absolute atomic E-state index is 13.6. The van der Waals surface area contributed by atoms with Crippen LogP contribution in [0, 0.1) is 11.2 Å². The van der Waals surface area contributed by atoms with Gasteiger partial charge in [0.1, 0.15) is 5.82 Å². The van der Waals surface area contributed by atoms with Crippen molar-refractivity contribution in [3.05, 3.63) is 59.9 Å². The van der Waals surface area contributed by atoms with Crippen molar-refractivity contribution in [1.29, 1.82) is 0 Å². The van der Waals surface area contributed by atoms with E-state index in [1.165, 1.54) is 19.2 Å². The molecule has 1 amide bonds. The number of rotatable bonds is 9. The molecule has 3 rings (SSSR count). The highest BCUT2D eigenvalue weighted by Crippen LogP contribution is 2.38. The van der Waals surface area contributed by atoms with E-state index in [1.807, 2.05) is 24.3 Å². The summed E-state index contributed by atoms with van der Waals surface area (Å²) in [5.74, 6) is -2.55. The third-order valence-corrected chi connectivity index (χ3v) is 7.08. The SMILES string of the molecule is CCC(C)(CCC(=O)[C@@]1(C(=O)NC)NNCC[C@H]1c1ccc(-c2ccc(F)cc2)cc1)C(=O)O. The van der Waals surface area contributed by atoms with Crippen molar-refractivity contribution in [1.82, 2.24) is 16.2 Å². The van der Waals surface area contributed by atoms with Crippen LogP contribution in [0.2, 0.25) is 0 Å². The Bertz CT molecular complexity index is 1040. The fourth-order valence-corrected chi connectivity index (χ4v) is 4.51. The third-order valence-electron chi connectivity index (χ3n) is 7.08. The van der Waals surface area contributed by atoms with Gasteiger partial charge in [-0.15, -0.1) is 0 Å². The van der Waals surface area contributed by atoms with Crippen LogP contribution >= 0.6 is 0 Å².